The van der Waals surface area contributed by atoms with Gasteiger partial charge in [0.1, 0.15) is 5.82 Å². The number of nitrogens with zero attached hydrogens (tertiary/aromatic N) is 2. The summed E-state index contributed by atoms with van der Waals surface area (Å²) in [6, 6.07) is 10.7. The highest BCUT2D eigenvalue weighted by Crippen LogP contribution is 2.33. The first-order valence-corrected chi connectivity index (χ1v) is 12.4. The van der Waals surface area contributed by atoms with Crippen LogP contribution in [0.3, 0.4) is 0 Å². The molecule has 1 unspecified atom stereocenters. The second-order valence-corrected chi connectivity index (χ2v) is 10.0. The summed E-state index contributed by atoms with van der Waals surface area (Å²) >= 11 is 0. The molecule has 0 saturated carbocycles. The van der Waals surface area contributed by atoms with Gasteiger partial charge in [-0.2, -0.15) is 4.31 Å². The molecule has 1 amide bonds. The van der Waals surface area contributed by atoms with E-state index in [-0.39, 0.29) is 42.3 Å². The average Bonchev–Trinajstić information content (AvgIpc) is 3.08. The number of piperazine rings is 1. The number of hydrogen-bond donors (Lipinski definition) is 1. The van der Waals surface area contributed by atoms with E-state index in [1.165, 1.54) is 28.6 Å². The van der Waals surface area contributed by atoms with Crippen molar-refractivity contribution in [1.82, 2.24) is 14.5 Å². The highest BCUT2D eigenvalue weighted by atomic mass is 32.2. The van der Waals surface area contributed by atoms with Crippen LogP contribution < -0.4 is 14.8 Å². The van der Waals surface area contributed by atoms with Gasteiger partial charge in [0.25, 0.3) is 0 Å². The van der Waals surface area contributed by atoms with Gasteiger partial charge in [0, 0.05) is 44.7 Å². The third-order valence-corrected chi connectivity index (χ3v) is 7.77. The van der Waals surface area contributed by atoms with Crippen LogP contribution in [-0.2, 0) is 14.8 Å². The lowest BCUT2D eigenvalue weighted by atomic mass is 10.1. The van der Waals surface area contributed by atoms with E-state index < -0.39 is 10.0 Å². The zero-order chi connectivity index (χ0) is 23.4. The molecule has 33 heavy (non-hydrogen) atoms. The summed E-state index contributed by atoms with van der Waals surface area (Å²) in [5.74, 6) is 0.575. The zero-order valence-electron chi connectivity index (χ0n) is 18.5. The summed E-state index contributed by atoms with van der Waals surface area (Å²) in [6.07, 6.45) is 0.740. The second-order valence-electron chi connectivity index (χ2n) is 8.10. The third-order valence-electron chi connectivity index (χ3n) is 5.88. The predicted molar refractivity (Wildman–Crippen MR) is 120 cm³/mol. The van der Waals surface area contributed by atoms with Crippen molar-refractivity contribution < 1.29 is 27.1 Å². The molecule has 0 bridgehead atoms. The Hall–Kier alpha value is -2.69. The number of amides is 1. The quantitative estimate of drug-likeness (QED) is 0.686. The van der Waals surface area contributed by atoms with Gasteiger partial charge >= 0.3 is 0 Å². The van der Waals surface area contributed by atoms with Gasteiger partial charge in [-0.05, 0) is 36.8 Å². The highest BCUT2D eigenvalue weighted by Gasteiger charge is 2.31. The van der Waals surface area contributed by atoms with Gasteiger partial charge < -0.3 is 19.7 Å². The van der Waals surface area contributed by atoms with Crippen LogP contribution in [0.4, 0.5) is 4.39 Å². The van der Waals surface area contributed by atoms with Crippen LogP contribution in [0.1, 0.15) is 24.9 Å². The minimum atomic E-state index is -3.71. The molecule has 4 rings (SSSR count). The summed E-state index contributed by atoms with van der Waals surface area (Å²) in [5.41, 5.74) is 0.884. The Kier molecular flexibility index (Phi) is 7.16. The first-order valence-electron chi connectivity index (χ1n) is 11.0. The number of nitrogens with one attached hydrogen (secondary N) is 1. The molecule has 1 atom stereocenters. The molecule has 2 aliphatic rings. The van der Waals surface area contributed by atoms with Crippen LogP contribution in [0, 0.1) is 5.82 Å². The number of ether oxygens (including phenoxy) is 2. The molecule has 0 aliphatic carbocycles. The third kappa shape index (κ3) is 5.45. The average molecular weight is 478 g/mol. The summed E-state index contributed by atoms with van der Waals surface area (Å²) in [4.78, 5) is 14.4. The smallest absolute Gasteiger partial charge is 0.243 e. The van der Waals surface area contributed by atoms with Gasteiger partial charge in [-0.1, -0.05) is 12.1 Å². The molecular formula is C23H28FN3O5S. The van der Waals surface area contributed by atoms with Crippen LogP contribution >= 0.6 is 0 Å². The fraction of sp³-hybridized carbons (Fsp3) is 0.435. The Morgan fingerprint density at radius 2 is 1.70 bits per heavy atom. The predicted octanol–water partition coefficient (Wildman–Crippen LogP) is 2.17. The first-order chi connectivity index (χ1) is 15.8. The minimum absolute atomic E-state index is 0.100. The molecular weight excluding hydrogens is 449 g/mol. The lowest BCUT2D eigenvalue weighted by Gasteiger charge is -2.34. The summed E-state index contributed by atoms with van der Waals surface area (Å²) in [7, 11) is -3.71. The maximum atomic E-state index is 13.1. The minimum Gasteiger partial charge on any atom is -0.490 e. The van der Waals surface area contributed by atoms with E-state index in [0.717, 1.165) is 12.0 Å². The van der Waals surface area contributed by atoms with Crippen LogP contribution in [0.2, 0.25) is 0 Å². The Morgan fingerprint density at radius 1 is 1.03 bits per heavy atom. The lowest BCUT2D eigenvalue weighted by molar-refractivity contribution is -0.131. The maximum Gasteiger partial charge on any atom is 0.243 e. The van der Waals surface area contributed by atoms with Crippen molar-refractivity contribution in [3.05, 3.63) is 53.8 Å². The topological polar surface area (TPSA) is 88.2 Å². The van der Waals surface area contributed by atoms with Crippen LogP contribution in [0.25, 0.3) is 0 Å². The molecule has 0 radical (unpaired) electrons. The molecule has 8 nitrogen and oxygen atoms in total. The van der Waals surface area contributed by atoms with E-state index in [1.54, 1.807) is 23.1 Å². The van der Waals surface area contributed by atoms with Crippen molar-refractivity contribution in [1.29, 1.82) is 0 Å². The monoisotopic (exact) mass is 477 g/mol. The Labute approximate surface area is 193 Å². The second kappa shape index (κ2) is 10.1. The molecule has 2 heterocycles. The standard InChI is InChI=1S/C23H28FN3O5S/c1-17(18-3-5-19(24)6-4-18)25-16-23(28)26-9-11-27(12-10-26)33(29,30)20-7-8-21-22(15-20)32-14-2-13-31-21/h3-8,15,17,25H,2,9-14,16H2,1H3. The number of carbonyl (C=O) groups is 1. The molecule has 1 saturated heterocycles. The lowest BCUT2D eigenvalue weighted by Crippen LogP contribution is -2.52. The molecule has 10 heteroatoms. The molecule has 2 aromatic carbocycles. The van der Waals surface area contributed by atoms with E-state index in [0.29, 0.717) is 37.8 Å². The molecule has 1 N–H and O–H groups in total. The van der Waals surface area contributed by atoms with Crippen molar-refractivity contribution in [2.75, 3.05) is 45.9 Å². The Morgan fingerprint density at radius 3 is 2.39 bits per heavy atom. The molecule has 2 aromatic rings. The normalized spacial score (nSPS) is 17.9. The van der Waals surface area contributed by atoms with E-state index in [4.69, 9.17) is 9.47 Å². The fourth-order valence-electron chi connectivity index (χ4n) is 3.85. The van der Waals surface area contributed by atoms with E-state index in [9.17, 15) is 17.6 Å². The van der Waals surface area contributed by atoms with Gasteiger partial charge in [0.2, 0.25) is 15.9 Å². The van der Waals surface area contributed by atoms with E-state index in [1.807, 2.05) is 6.92 Å². The van der Waals surface area contributed by atoms with Crippen molar-refractivity contribution in [3.8, 4) is 11.5 Å². The van der Waals surface area contributed by atoms with Gasteiger partial charge in [0.05, 0.1) is 24.7 Å². The highest BCUT2D eigenvalue weighted by molar-refractivity contribution is 7.89. The van der Waals surface area contributed by atoms with Crippen molar-refractivity contribution in [2.45, 2.75) is 24.3 Å². The fourth-order valence-corrected chi connectivity index (χ4v) is 5.29. The maximum absolute atomic E-state index is 13.1. The number of carbonyl (C=O) groups excluding carboxylic acids is 1. The number of fused-ring (bicyclic) bond motifs is 1. The Balaban J connectivity index is 1.32. The summed E-state index contributed by atoms with van der Waals surface area (Å²) < 4.78 is 51.9. The molecule has 1 fully saturated rings. The molecule has 0 spiro atoms. The number of hydrogen-bond acceptors (Lipinski definition) is 6. The van der Waals surface area contributed by atoms with Crippen LogP contribution in [0.5, 0.6) is 11.5 Å². The molecule has 0 aromatic heterocycles. The first kappa shape index (κ1) is 23.5. The van der Waals surface area contributed by atoms with Gasteiger partial charge in [-0.15, -0.1) is 0 Å². The van der Waals surface area contributed by atoms with Crippen molar-refractivity contribution in [2.24, 2.45) is 0 Å². The van der Waals surface area contributed by atoms with E-state index >= 15 is 0 Å². The molecule has 2 aliphatic heterocycles. The Bertz CT molecular complexity index is 1090. The number of rotatable bonds is 6. The molecule has 178 valence electrons. The summed E-state index contributed by atoms with van der Waals surface area (Å²) in [6.45, 7) is 4.10. The largest absolute Gasteiger partial charge is 0.490 e. The summed E-state index contributed by atoms with van der Waals surface area (Å²) in [5, 5.41) is 3.15. The van der Waals surface area contributed by atoms with Crippen LogP contribution in [0.15, 0.2) is 47.4 Å². The number of sulfonamides is 1. The van der Waals surface area contributed by atoms with Crippen molar-refractivity contribution >= 4 is 15.9 Å². The SMILES string of the molecule is CC(NCC(=O)N1CCN(S(=O)(=O)c2ccc3c(c2)OCCCO3)CC1)c1ccc(F)cc1. The van der Waals surface area contributed by atoms with Crippen LogP contribution in [-0.4, -0.2) is 69.5 Å². The van der Waals surface area contributed by atoms with Crippen molar-refractivity contribution in [3.63, 3.8) is 0 Å². The number of benzene rings is 2. The van der Waals surface area contributed by atoms with E-state index in [2.05, 4.69) is 5.32 Å². The van der Waals surface area contributed by atoms with Gasteiger partial charge in [-0.25, -0.2) is 12.8 Å². The van der Waals surface area contributed by atoms with Gasteiger partial charge in [-0.3, -0.25) is 4.79 Å². The number of halogens is 1. The zero-order valence-corrected chi connectivity index (χ0v) is 19.3. The van der Waals surface area contributed by atoms with Gasteiger partial charge in [0.15, 0.2) is 11.5 Å².